The molecule has 39 heavy (non-hydrogen) atoms. The molecule has 1 aliphatic rings. The summed E-state index contributed by atoms with van der Waals surface area (Å²) in [6, 6.07) is 24.3. The number of hydrogen-bond acceptors (Lipinski definition) is 6. The Bertz CT molecular complexity index is 1510. The highest BCUT2D eigenvalue weighted by atomic mass is 16.5. The van der Waals surface area contributed by atoms with Gasteiger partial charge in [0.1, 0.15) is 5.75 Å². The van der Waals surface area contributed by atoms with E-state index in [2.05, 4.69) is 36.2 Å². The van der Waals surface area contributed by atoms with E-state index in [1.165, 1.54) is 10.9 Å². The fourth-order valence-electron chi connectivity index (χ4n) is 4.51. The normalized spacial score (nSPS) is 13.9. The molecule has 200 valence electrons. The maximum absolute atomic E-state index is 13.7. The molecule has 0 atom stereocenters. The number of hydrogen-bond donors (Lipinski definition) is 1. The Balaban J connectivity index is 1.50. The van der Waals surface area contributed by atoms with Crippen molar-refractivity contribution in [1.29, 1.82) is 0 Å². The summed E-state index contributed by atoms with van der Waals surface area (Å²) in [5, 5.41) is 7.63. The number of ether oxygens (including phenoxy) is 1. The molecule has 1 N–H and O–H groups in total. The summed E-state index contributed by atoms with van der Waals surface area (Å²) >= 11 is 0. The van der Waals surface area contributed by atoms with E-state index < -0.39 is 0 Å². The van der Waals surface area contributed by atoms with Gasteiger partial charge in [-0.15, -0.1) is 0 Å². The van der Waals surface area contributed by atoms with Crippen LogP contribution in [0.2, 0.25) is 0 Å². The van der Waals surface area contributed by atoms with Crippen LogP contribution in [0.3, 0.4) is 0 Å². The molecule has 0 spiro atoms. The summed E-state index contributed by atoms with van der Waals surface area (Å²) in [5.41, 5.74) is 2.80. The summed E-state index contributed by atoms with van der Waals surface area (Å²) in [4.78, 5) is 31.0. The lowest BCUT2D eigenvalue weighted by Crippen LogP contribution is -2.47. The molecular formula is C31H33N5O3. The van der Waals surface area contributed by atoms with Crippen molar-refractivity contribution >= 4 is 17.3 Å². The summed E-state index contributed by atoms with van der Waals surface area (Å²) in [6.45, 7) is 7.30. The number of piperazine rings is 1. The molecule has 4 aromatic rings. The van der Waals surface area contributed by atoms with E-state index in [1.807, 2.05) is 71.6 Å². The topological polar surface area (TPSA) is 79.7 Å². The number of para-hydroxylation sites is 1. The zero-order chi connectivity index (χ0) is 27.4. The molecule has 1 saturated heterocycles. The van der Waals surface area contributed by atoms with Gasteiger partial charge in [0.25, 0.3) is 11.5 Å². The largest absolute Gasteiger partial charge is 0.453 e. The lowest BCUT2D eigenvalue weighted by molar-refractivity contribution is 0.0664. The van der Waals surface area contributed by atoms with Crippen LogP contribution in [0.25, 0.3) is 5.69 Å². The van der Waals surface area contributed by atoms with Crippen LogP contribution in [-0.2, 0) is 0 Å². The minimum atomic E-state index is -0.366. The lowest BCUT2D eigenvalue weighted by atomic mass is 10.0. The van der Waals surface area contributed by atoms with Crippen LogP contribution in [0.15, 0.2) is 89.9 Å². The fourth-order valence-corrected chi connectivity index (χ4v) is 4.51. The van der Waals surface area contributed by atoms with E-state index >= 15 is 0 Å². The first-order valence-electron chi connectivity index (χ1n) is 13.2. The fraction of sp³-hybridized carbons (Fsp3) is 0.258. The number of amides is 1. The Morgan fingerprint density at radius 1 is 0.923 bits per heavy atom. The molecule has 3 aromatic carbocycles. The highest BCUT2D eigenvalue weighted by Crippen LogP contribution is 2.31. The number of carbonyl (C=O) groups excluding carboxylic acids is 1. The lowest BCUT2D eigenvalue weighted by Gasteiger charge is -2.32. The molecule has 0 unspecified atom stereocenters. The third-order valence-electron chi connectivity index (χ3n) is 6.87. The molecule has 0 bridgehead atoms. The van der Waals surface area contributed by atoms with Gasteiger partial charge in [-0.25, -0.2) is 0 Å². The highest BCUT2D eigenvalue weighted by Gasteiger charge is 2.21. The van der Waals surface area contributed by atoms with Crippen LogP contribution in [-0.4, -0.2) is 58.7 Å². The van der Waals surface area contributed by atoms with Crippen molar-refractivity contribution in [2.24, 2.45) is 0 Å². The molecule has 0 saturated carbocycles. The quantitative estimate of drug-likeness (QED) is 0.355. The van der Waals surface area contributed by atoms with Gasteiger partial charge in [0, 0.05) is 37.4 Å². The minimum Gasteiger partial charge on any atom is -0.453 e. The summed E-state index contributed by atoms with van der Waals surface area (Å²) < 4.78 is 7.54. The van der Waals surface area contributed by atoms with E-state index in [0.29, 0.717) is 47.4 Å². The van der Waals surface area contributed by atoms with Crippen molar-refractivity contribution in [1.82, 2.24) is 19.6 Å². The number of carbonyl (C=O) groups is 1. The van der Waals surface area contributed by atoms with Gasteiger partial charge in [0.2, 0.25) is 0 Å². The number of anilines is 2. The Morgan fingerprint density at radius 3 is 2.41 bits per heavy atom. The predicted molar refractivity (Wildman–Crippen MR) is 154 cm³/mol. The molecule has 1 aliphatic heterocycles. The van der Waals surface area contributed by atoms with Crippen molar-refractivity contribution < 1.29 is 9.53 Å². The summed E-state index contributed by atoms with van der Waals surface area (Å²) in [6.07, 6.45) is 1.54. The first-order valence-corrected chi connectivity index (χ1v) is 13.2. The van der Waals surface area contributed by atoms with Crippen LogP contribution in [0.4, 0.5) is 11.4 Å². The number of aromatic nitrogens is 2. The predicted octanol–water partition coefficient (Wildman–Crippen LogP) is 5.28. The van der Waals surface area contributed by atoms with Gasteiger partial charge in [-0.05, 0) is 61.0 Å². The number of nitrogens with one attached hydrogen (secondary N) is 1. The second-order valence-electron chi connectivity index (χ2n) is 10.1. The van der Waals surface area contributed by atoms with Gasteiger partial charge < -0.3 is 19.9 Å². The molecule has 8 heteroatoms. The number of nitrogens with zero attached hydrogens (tertiary/aromatic N) is 4. The maximum Gasteiger partial charge on any atom is 0.299 e. The molecule has 0 radical (unpaired) electrons. The second kappa shape index (κ2) is 11.5. The van der Waals surface area contributed by atoms with E-state index in [0.717, 1.165) is 18.7 Å². The van der Waals surface area contributed by atoms with Gasteiger partial charge in [-0.3, -0.25) is 9.59 Å². The monoisotopic (exact) mass is 523 g/mol. The van der Waals surface area contributed by atoms with Gasteiger partial charge in [-0.1, -0.05) is 50.2 Å². The Morgan fingerprint density at radius 2 is 1.67 bits per heavy atom. The number of likely N-dealkylation sites (N-methyl/N-ethyl adjacent to an activating group) is 1. The van der Waals surface area contributed by atoms with Crippen LogP contribution < -0.4 is 15.6 Å². The van der Waals surface area contributed by atoms with Crippen molar-refractivity contribution in [2.75, 3.05) is 38.5 Å². The van der Waals surface area contributed by atoms with Gasteiger partial charge in [0.15, 0.2) is 11.4 Å². The minimum absolute atomic E-state index is 0.0230. The average molecular weight is 524 g/mol. The smallest absolute Gasteiger partial charge is 0.299 e. The number of rotatable bonds is 7. The molecule has 1 amide bonds. The van der Waals surface area contributed by atoms with Crippen molar-refractivity contribution in [3.05, 3.63) is 107 Å². The van der Waals surface area contributed by atoms with Crippen molar-refractivity contribution in [2.45, 2.75) is 19.8 Å². The SMILES string of the molecule is CC(C)c1cccc(Oc2cnn(-c3ccccc3)c(=O)c2Nc2cccc(C(=O)N3CCN(C)CC3)c2)c1. The summed E-state index contributed by atoms with van der Waals surface area (Å²) in [5.74, 6) is 1.21. The van der Waals surface area contributed by atoms with E-state index in [9.17, 15) is 9.59 Å². The molecule has 0 aliphatic carbocycles. The Kier molecular flexibility index (Phi) is 7.74. The van der Waals surface area contributed by atoms with Gasteiger partial charge in [0.05, 0.1) is 11.9 Å². The standard InChI is InChI=1S/C31H33N5O3/c1-22(2)23-9-8-14-27(20-23)39-28-21-32-36(26-12-5-4-6-13-26)31(38)29(28)33-25-11-7-10-24(19-25)30(37)35-17-15-34(3)16-18-35/h4-14,19-22,33H,15-18H2,1-3H3. The Labute approximate surface area is 228 Å². The molecular weight excluding hydrogens is 490 g/mol. The molecule has 8 nitrogen and oxygen atoms in total. The maximum atomic E-state index is 13.7. The van der Waals surface area contributed by atoms with Crippen LogP contribution in [0.5, 0.6) is 11.5 Å². The third kappa shape index (κ3) is 6.02. The van der Waals surface area contributed by atoms with E-state index in [4.69, 9.17) is 4.74 Å². The molecule has 1 aromatic heterocycles. The zero-order valence-electron chi connectivity index (χ0n) is 22.5. The van der Waals surface area contributed by atoms with Crippen LogP contribution in [0, 0.1) is 0 Å². The summed E-state index contributed by atoms with van der Waals surface area (Å²) in [7, 11) is 2.06. The Hall–Kier alpha value is -4.43. The number of benzene rings is 3. The molecule has 2 heterocycles. The van der Waals surface area contributed by atoms with Gasteiger partial charge in [-0.2, -0.15) is 9.78 Å². The van der Waals surface area contributed by atoms with Crippen LogP contribution >= 0.6 is 0 Å². The third-order valence-corrected chi connectivity index (χ3v) is 6.87. The second-order valence-corrected chi connectivity index (χ2v) is 10.1. The van der Waals surface area contributed by atoms with E-state index in [1.54, 1.807) is 12.1 Å². The molecule has 1 fully saturated rings. The zero-order valence-corrected chi connectivity index (χ0v) is 22.5. The van der Waals surface area contributed by atoms with Crippen molar-refractivity contribution in [3.63, 3.8) is 0 Å². The van der Waals surface area contributed by atoms with Crippen LogP contribution in [0.1, 0.15) is 35.7 Å². The first kappa shape index (κ1) is 26.2. The van der Waals surface area contributed by atoms with E-state index in [-0.39, 0.29) is 17.2 Å². The first-order chi connectivity index (χ1) is 18.9. The molecule has 5 rings (SSSR count). The average Bonchev–Trinajstić information content (AvgIpc) is 2.96. The highest BCUT2D eigenvalue weighted by molar-refractivity contribution is 5.95. The van der Waals surface area contributed by atoms with Gasteiger partial charge >= 0.3 is 0 Å². The van der Waals surface area contributed by atoms with Crippen molar-refractivity contribution in [3.8, 4) is 17.2 Å².